The molecule has 0 bridgehead atoms. The van der Waals surface area contributed by atoms with E-state index in [9.17, 15) is 0 Å². The minimum Gasteiger partial charge on any atom is -0.487 e. The Morgan fingerprint density at radius 1 is 1.07 bits per heavy atom. The molecule has 2 aromatic carbocycles. The zero-order valence-corrected chi connectivity index (χ0v) is 16.0. The standard InChI is InChI=1S/C21H18ClN5O/c1-26-12-19(21(22)25-26)23-16-8-7-15-11-27-17(13-28-20(15)9-16)10-18(24-27)14-5-3-2-4-6-14/h2-10,12,23H,11,13H2,1H3. The highest BCUT2D eigenvalue weighted by atomic mass is 35.5. The fourth-order valence-electron chi connectivity index (χ4n) is 3.37. The van der Waals surface area contributed by atoms with Crippen molar-refractivity contribution in [2.75, 3.05) is 5.32 Å². The Hall–Kier alpha value is -3.25. The predicted molar refractivity (Wildman–Crippen MR) is 109 cm³/mol. The maximum Gasteiger partial charge on any atom is 0.174 e. The van der Waals surface area contributed by atoms with E-state index in [0.29, 0.717) is 18.3 Å². The molecule has 0 aliphatic carbocycles. The molecule has 7 heteroatoms. The number of anilines is 2. The van der Waals surface area contributed by atoms with Crippen molar-refractivity contribution in [1.82, 2.24) is 19.6 Å². The maximum atomic E-state index is 6.14. The summed E-state index contributed by atoms with van der Waals surface area (Å²) in [7, 11) is 1.84. The Labute approximate surface area is 167 Å². The predicted octanol–water partition coefficient (Wildman–Crippen LogP) is 4.62. The second kappa shape index (κ2) is 6.73. The van der Waals surface area contributed by atoms with E-state index >= 15 is 0 Å². The van der Waals surface area contributed by atoms with E-state index in [-0.39, 0.29) is 0 Å². The van der Waals surface area contributed by atoms with Crippen molar-refractivity contribution in [1.29, 1.82) is 0 Å². The highest BCUT2D eigenvalue weighted by Gasteiger charge is 2.18. The number of hydrogen-bond acceptors (Lipinski definition) is 4. The molecule has 0 saturated heterocycles. The van der Waals surface area contributed by atoms with Gasteiger partial charge in [0.05, 0.1) is 23.6 Å². The SMILES string of the molecule is Cn1cc(Nc2ccc3c(c2)OCc2cc(-c4ccccc4)nn2C3)c(Cl)n1. The van der Waals surface area contributed by atoms with Gasteiger partial charge in [-0.3, -0.25) is 9.36 Å². The van der Waals surface area contributed by atoms with Gasteiger partial charge >= 0.3 is 0 Å². The number of aryl methyl sites for hydroxylation is 1. The molecule has 140 valence electrons. The summed E-state index contributed by atoms with van der Waals surface area (Å²) in [5, 5.41) is 12.6. The summed E-state index contributed by atoms with van der Waals surface area (Å²) in [6, 6.07) is 18.3. The van der Waals surface area contributed by atoms with E-state index in [2.05, 4.69) is 34.7 Å². The first-order valence-corrected chi connectivity index (χ1v) is 9.37. The summed E-state index contributed by atoms with van der Waals surface area (Å²) in [5.41, 5.74) is 5.88. The summed E-state index contributed by atoms with van der Waals surface area (Å²) in [4.78, 5) is 0. The lowest BCUT2D eigenvalue weighted by Gasteiger charge is -2.10. The number of halogens is 1. The first-order valence-electron chi connectivity index (χ1n) is 9.00. The Bertz CT molecular complexity index is 1150. The highest BCUT2D eigenvalue weighted by molar-refractivity contribution is 6.32. The van der Waals surface area contributed by atoms with E-state index in [0.717, 1.165) is 39.6 Å². The van der Waals surface area contributed by atoms with Gasteiger partial charge in [-0.2, -0.15) is 10.2 Å². The van der Waals surface area contributed by atoms with Crippen LogP contribution in [0, 0.1) is 0 Å². The van der Waals surface area contributed by atoms with Gasteiger partial charge in [-0.25, -0.2) is 0 Å². The fourth-order valence-corrected chi connectivity index (χ4v) is 3.58. The van der Waals surface area contributed by atoms with Gasteiger partial charge < -0.3 is 10.1 Å². The van der Waals surface area contributed by atoms with Crippen LogP contribution < -0.4 is 10.1 Å². The first kappa shape index (κ1) is 16.9. The third-order valence-corrected chi connectivity index (χ3v) is 5.04. The minimum absolute atomic E-state index is 0.437. The number of ether oxygens (including phenoxy) is 1. The topological polar surface area (TPSA) is 56.9 Å². The van der Waals surface area contributed by atoms with Gasteiger partial charge in [0.15, 0.2) is 5.15 Å². The van der Waals surface area contributed by atoms with Crippen molar-refractivity contribution >= 4 is 23.0 Å². The van der Waals surface area contributed by atoms with Crippen LogP contribution in [0.15, 0.2) is 60.8 Å². The number of rotatable bonds is 3. The number of hydrogen-bond donors (Lipinski definition) is 1. The van der Waals surface area contributed by atoms with Gasteiger partial charge in [-0.1, -0.05) is 48.0 Å². The van der Waals surface area contributed by atoms with Crippen molar-refractivity contribution in [2.24, 2.45) is 7.05 Å². The van der Waals surface area contributed by atoms with Crippen LogP contribution in [0.1, 0.15) is 11.3 Å². The van der Waals surface area contributed by atoms with Gasteiger partial charge in [0, 0.05) is 36.1 Å². The molecule has 0 unspecified atom stereocenters. The van der Waals surface area contributed by atoms with Crippen molar-refractivity contribution in [3.05, 3.63) is 77.2 Å². The molecule has 0 atom stereocenters. The Morgan fingerprint density at radius 3 is 2.71 bits per heavy atom. The molecule has 3 heterocycles. The van der Waals surface area contributed by atoms with Crippen molar-refractivity contribution in [2.45, 2.75) is 13.2 Å². The average Bonchev–Trinajstić information content (AvgIpc) is 3.19. The molecule has 0 saturated carbocycles. The highest BCUT2D eigenvalue weighted by Crippen LogP contribution is 2.32. The molecule has 0 spiro atoms. The summed E-state index contributed by atoms with van der Waals surface area (Å²) in [6.45, 7) is 1.15. The summed E-state index contributed by atoms with van der Waals surface area (Å²) >= 11 is 6.14. The quantitative estimate of drug-likeness (QED) is 0.553. The fraction of sp³-hybridized carbons (Fsp3) is 0.143. The van der Waals surface area contributed by atoms with Crippen LogP contribution in [-0.4, -0.2) is 19.6 Å². The third kappa shape index (κ3) is 3.12. The second-order valence-corrected chi connectivity index (χ2v) is 7.15. The molecule has 0 radical (unpaired) electrons. The molecule has 0 amide bonds. The summed E-state index contributed by atoms with van der Waals surface area (Å²) < 4.78 is 9.77. The van der Waals surface area contributed by atoms with E-state index in [1.54, 1.807) is 4.68 Å². The van der Waals surface area contributed by atoms with Crippen LogP contribution in [0.2, 0.25) is 5.15 Å². The van der Waals surface area contributed by atoms with E-state index in [1.165, 1.54) is 0 Å². The van der Waals surface area contributed by atoms with Gasteiger partial charge in [0.2, 0.25) is 0 Å². The molecule has 28 heavy (non-hydrogen) atoms. The summed E-state index contributed by atoms with van der Waals surface area (Å²) in [5.74, 6) is 0.844. The van der Waals surface area contributed by atoms with Crippen LogP contribution in [0.5, 0.6) is 5.75 Å². The number of aromatic nitrogens is 4. The van der Waals surface area contributed by atoms with Gasteiger partial charge in [-0.05, 0) is 12.1 Å². The molecular weight excluding hydrogens is 374 g/mol. The molecule has 1 aliphatic rings. The molecule has 1 N–H and O–H groups in total. The molecule has 6 nitrogen and oxygen atoms in total. The molecule has 1 aliphatic heterocycles. The number of fused-ring (bicyclic) bond motifs is 2. The molecule has 4 aromatic rings. The third-order valence-electron chi connectivity index (χ3n) is 4.76. The Morgan fingerprint density at radius 2 is 1.93 bits per heavy atom. The second-order valence-electron chi connectivity index (χ2n) is 6.79. The van der Waals surface area contributed by atoms with Crippen LogP contribution in [0.25, 0.3) is 11.3 Å². The largest absolute Gasteiger partial charge is 0.487 e. The van der Waals surface area contributed by atoms with Crippen LogP contribution >= 0.6 is 11.6 Å². The molecule has 5 rings (SSSR count). The minimum atomic E-state index is 0.437. The van der Waals surface area contributed by atoms with Gasteiger partial charge in [0.25, 0.3) is 0 Å². The number of nitrogens with one attached hydrogen (secondary N) is 1. The molecule has 2 aromatic heterocycles. The van der Waals surface area contributed by atoms with E-state index in [4.69, 9.17) is 21.4 Å². The van der Waals surface area contributed by atoms with Crippen LogP contribution in [-0.2, 0) is 20.2 Å². The van der Waals surface area contributed by atoms with Crippen LogP contribution in [0.4, 0.5) is 11.4 Å². The monoisotopic (exact) mass is 391 g/mol. The van der Waals surface area contributed by atoms with Gasteiger partial charge in [0.1, 0.15) is 12.4 Å². The summed E-state index contributed by atoms with van der Waals surface area (Å²) in [6.07, 6.45) is 1.84. The van der Waals surface area contributed by atoms with E-state index in [1.807, 2.05) is 48.3 Å². The van der Waals surface area contributed by atoms with Crippen molar-refractivity contribution in [3.8, 4) is 17.0 Å². The lowest BCUT2D eigenvalue weighted by atomic mass is 10.1. The smallest absolute Gasteiger partial charge is 0.174 e. The zero-order chi connectivity index (χ0) is 19.1. The zero-order valence-electron chi connectivity index (χ0n) is 15.3. The Kier molecular flexibility index (Phi) is 4.06. The van der Waals surface area contributed by atoms with Gasteiger partial charge in [-0.15, -0.1) is 0 Å². The maximum absolute atomic E-state index is 6.14. The molecule has 0 fully saturated rings. The van der Waals surface area contributed by atoms with E-state index < -0.39 is 0 Å². The Balaban J connectivity index is 1.41. The molecular formula is C21H18ClN5O. The van der Waals surface area contributed by atoms with Crippen molar-refractivity contribution in [3.63, 3.8) is 0 Å². The lowest BCUT2D eigenvalue weighted by Crippen LogP contribution is -2.03. The van der Waals surface area contributed by atoms with Crippen LogP contribution in [0.3, 0.4) is 0 Å². The normalized spacial score (nSPS) is 12.6. The average molecular weight is 392 g/mol. The van der Waals surface area contributed by atoms with Crippen molar-refractivity contribution < 1.29 is 4.74 Å². The number of nitrogens with zero attached hydrogens (tertiary/aromatic N) is 4. The number of benzene rings is 2. The first-order chi connectivity index (χ1) is 13.7. The lowest BCUT2D eigenvalue weighted by molar-refractivity contribution is 0.302.